The van der Waals surface area contributed by atoms with E-state index in [1.54, 1.807) is 0 Å². The molecule has 0 radical (unpaired) electrons. The van der Waals surface area contributed by atoms with Crippen molar-refractivity contribution in [3.05, 3.63) is 0 Å². The summed E-state index contributed by atoms with van der Waals surface area (Å²) in [6, 6.07) is 0. The highest BCUT2D eigenvalue weighted by molar-refractivity contribution is 4.87. The summed E-state index contributed by atoms with van der Waals surface area (Å²) in [6.45, 7) is 14.4. The zero-order chi connectivity index (χ0) is 17.0. The van der Waals surface area contributed by atoms with E-state index in [1.165, 1.54) is 51.4 Å². The van der Waals surface area contributed by atoms with Crippen molar-refractivity contribution < 1.29 is 4.74 Å². The molecule has 2 aliphatic carbocycles. The van der Waals surface area contributed by atoms with Gasteiger partial charge in [-0.05, 0) is 61.2 Å². The summed E-state index contributed by atoms with van der Waals surface area (Å²) in [6.07, 6.45) is 12.3. The molecule has 4 atom stereocenters. The van der Waals surface area contributed by atoms with Gasteiger partial charge in [-0.3, -0.25) is 0 Å². The van der Waals surface area contributed by atoms with Crippen LogP contribution in [0.4, 0.5) is 0 Å². The van der Waals surface area contributed by atoms with Crippen molar-refractivity contribution in [2.24, 2.45) is 35.5 Å². The lowest BCUT2D eigenvalue weighted by Gasteiger charge is -2.40. The van der Waals surface area contributed by atoms with Crippen LogP contribution in [0.5, 0.6) is 0 Å². The van der Waals surface area contributed by atoms with Crippen LogP contribution in [0, 0.1) is 35.5 Å². The van der Waals surface area contributed by atoms with Crippen LogP contribution < -0.4 is 0 Å². The summed E-state index contributed by atoms with van der Waals surface area (Å²) in [5.41, 5.74) is 0. The third kappa shape index (κ3) is 4.97. The van der Waals surface area contributed by atoms with Gasteiger partial charge < -0.3 is 4.74 Å². The van der Waals surface area contributed by atoms with E-state index >= 15 is 0 Å². The minimum Gasteiger partial charge on any atom is -0.374 e. The van der Waals surface area contributed by atoms with Crippen molar-refractivity contribution >= 4 is 0 Å². The Morgan fingerprint density at radius 3 is 1.13 bits per heavy atom. The molecule has 0 spiro atoms. The number of ether oxygens (including phenoxy) is 1. The minimum absolute atomic E-state index is 0.490. The van der Waals surface area contributed by atoms with Crippen LogP contribution in [0.3, 0.4) is 0 Å². The number of rotatable bonds is 8. The molecule has 23 heavy (non-hydrogen) atoms. The molecule has 0 amide bonds. The average Bonchev–Trinajstić information content (AvgIpc) is 3.20. The second kappa shape index (κ2) is 8.88. The fourth-order valence-electron chi connectivity index (χ4n) is 4.84. The molecule has 0 heterocycles. The lowest BCUT2D eigenvalue weighted by atomic mass is 9.81. The van der Waals surface area contributed by atoms with E-state index in [-0.39, 0.29) is 0 Å². The maximum Gasteiger partial charge on any atom is 0.0635 e. The summed E-state index contributed by atoms with van der Waals surface area (Å²) in [5, 5.41) is 0. The molecule has 2 fully saturated rings. The first kappa shape index (κ1) is 19.3. The molecule has 4 unspecified atom stereocenters. The smallest absolute Gasteiger partial charge is 0.0635 e. The van der Waals surface area contributed by atoms with Gasteiger partial charge in [-0.2, -0.15) is 0 Å². The van der Waals surface area contributed by atoms with Gasteiger partial charge in [0.25, 0.3) is 0 Å². The summed E-state index contributed by atoms with van der Waals surface area (Å²) in [7, 11) is 0. The van der Waals surface area contributed by atoms with E-state index in [4.69, 9.17) is 4.74 Å². The largest absolute Gasteiger partial charge is 0.374 e. The van der Waals surface area contributed by atoms with Crippen LogP contribution in [0.2, 0.25) is 0 Å². The van der Waals surface area contributed by atoms with Crippen LogP contribution in [0.15, 0.2) is 0 Å². The van der Waals surface area contributed by atoms with Crippen LogP contribution >= 0.6 is 0 Å². The second-order valence-electron chi connectivity index (χ2n) is 9.36. The van der Waals surface area contributed by atoms with E-state index in [1.807, 2.05) is 0 Å². The molecule has 0 bridgehead atoms. The molecule has 0 N–H and O–H groups in total. The Bertz CT molecular complexity index is 287. The Labute approximate surface area is 146 Å². The zero-order valence-electron chi connectivity index (χ0n) is 16.7. The molecule has 0 aromatic rings. The Kier molecular flexibility index (Phi) is 7.45. The van der Waals surface area contributed by atoms with Gasteiger partial charge in [0.2, 0.25) is 0 Å². The van der Waals surface area contributed by atoms with Crippen LogP contribution in [0.25, 0.3) is 0 Å². The Balaban J connectivity index is 2.14. The van der Waals surface area contributed by atoms with Crippen LogP contribution in [-0.4, -0.2) is 12.2 Å². The van der Waals surface area contributed by atoms with Crippen LogP contribution in [0.1, 0.15) is 92.9 Å². The minimum atomic E-state index is 0.490. The maximum absolute atomic E-state index is 7.06. The first-order chi connectivity index (χ1) is 10.9. The Hall–Kier alpha value is -0.0400. The Morgan fingerprint density at radius 2 is 0.870 bits per heavy atom. The summed E-state index contributed by atoms with van der Waals surface area (Å²) in [4.78, 5) is 0. The highest BCUT2D eigenvalue weighted by atomic mass is 16.5. The molecule has 2 saturated carbocycles. The van der Waals surface area contributed by atoms with E-state index < -0.39 is 0 Å². The molecule has 1 heteroatoms. The van der Waals surface area contributed by atoms with E-state index in [9.17, 15) is 0 Å². The van der Waals surface area contributed by atoms with E-state index in [2.05, 4.69) is 41.5 Å². The molecular weight excluding hydrogens is 280 g/mol. The van der Waals surface area contributed by atoms with Crippen molar-refractivity contribution in [3.63, 3.8) is 0 Å². The molecule has 0 aliphatic heterocycles. The molecule has 2 aliphatic rings. The molecule has 0 saturated heterocycles. The SMILES string of the molecule is CC(C)C(C)C(OC(C1CCCC1)C(C)C(C)C)C1CCCC1. The van der Waals surface area contributed by atoms with Gasteiger partial charge in [-0.1, -0.05) is 67.2 Å². The molecule has 0 aromatic heterocycles. The maximum atomic E-state index is 7.06. The molecule has 2 rings (SSSR count). The van der Waals surface area contributed by atoms with Gasteiger partial charge in [-0.25, -0.2) is 0 Å². The zero-order valence-corrected chi connectivity index (χ0v) is 16.7. The fraction of sp³-hybridized carbons (Fsp3) is 1.00. The van der Waals surface area contributed by atoms with E-state index in [0.717, 1.165) is 23.7 Å². The van der Waals surface area contributed by atoms with Crippen molar-refractivity contribution in [3.8, 4) is 0 Å². The second-order valence-corrected chi connectivity index (χ2v) is 9.36. The topological polar surface area (TPSA) is 9.23 Å². The fourth-order valence-corrected chi connectivity index (χ4v) is 4.84. The quantitative estimate of drug-likeness (QED) is 0.483. The van der Waals surface area contributed by atoms with Gasteiger partial charge in [0.05, 0.1) is 12.2 Å². The van der Waals surface area contributed by atoms with Crippen LogP contribution in [-0.2, 0) is 4.74 Å². The molecule has 0 aromatic carbocycles. The van der Waals surface area contributed by atoms with Crippen molar-refractivity contribution in [1.82, 2.24) is 0 Å². The monoisotopic (exact) mass is 322 g/mol. The summed E-state index contributed by atoms with van der Waals surface area (Å²) in [5.74, 6) is 4.44. The van der Waals surface area contributed by atoms with Gasteiger partial charge >= 0.3 is 0 Å². The van der Waals surface area contributed by atoms with Crippen molar-refractivity contribution in [1.29, 1.82) is 0 Å². The van der Waals surface area contributed by atoms with Gasteiger partial charge in [-0.15, -0.1) is 0 Å². The Morgan fingerprint density at radius 1 is 0.565 bits per heavy atom. The average molecular weight is 323 g/mol. The lowest BCUT2D eigenvalue weighted by Crippen LogP contribution is -2.41. The highest BCUT2D eigenvalue weighted by Gasteiger charge is 2.38. The lowest BCUT2D eigenvalue weighted by molar-refractivity contribution is -0.124. The summed E-state index contributed by atoms with van der Waals surface area (Å²) < 4.78 is 7.06. The molecule has 136 valence electrons. The third-order valence-electron chi connectivity index (χ3n) is 7.18. The van der Waals surface area contributed by atoms with Gasteiger partial charge in [0.15, 0.2) is 0 Å². The molecular formula is C22H42O. The number of hydrogen-bond donors (Lipinski definition) is 0. The predicted molar refractivity (Wildman–Crippen MR) is 101 cm³/mol. The summed E-state index contributed by atoms with van der Waals surface area (Å²) >= 11 is 0. The van der Waals surface area contributed by atoms with Crippen molar-refractivity contribution in [2.75, 3.05) is 0 Å². The van der Waals surface area contributed by atoms with E-state index in [0.29, 0.717) is 24.0 Å². The number of hydrogen-bond acceptors (Lipinski definition) is 1. The normalized spacial score (nSPS) is 26.1. The van der Waals surface area contributed by atoms with Crippen molar-refractivity contribution in [2.45, 2.75) is 105 Å². The van der Waals surface area contributed by atoms with Gasteiger partial charge in [0, 0.05) is 0 Å². The first-order valence-electron chi connectivity index (χ1n) is 10.6. The highest BCUT2D eigenvalue weighted by Crippen LogP contribution is 2.41. The standard InChI is InChI=1S/C22H42O/c1-15(2)17(5)21(19-11-7-8-12-19)23-22(18(6)16(3)4)20-13-9-10-14-20/h15-22H,7-14H2,1-6H3. The first-order valence-corrected chi connectivity index (χ1v) is 10.6. The third-order valence-corrected chi connectivity index (χ3v) is 7.18. The van der Waals surface area contributed by atoms with Gasteiger partial charge in [0.1, 0.15) is 0 Å². The molecule has 1 nitrogen and oxygen atoms in total. The predicted octanol–water partition coefficient (Wildman–Crippen LogP) is 6.70.